The van der Waals surface area contributed by atoms with Gasteiger partial charge in [0.1, 0.15) is 5.02 Å². The summed E-state index contributed by atoms with van der Waals surface area (Å²) in [6.07, 6.45) is 0. The fraction of sp³-hybridized carbons (Fsp3) is 0. The molecule has 1 N–H and O–H groups in total. The van der Waals surface area contributed by atoms with Crippen molar-refractivity contribution in [1.82, 2.24) is 4.98 Å². The lowest BCUT2D eigenvalue weighted by atomic mass is 10.2. The van der Waals surface area contributed by atoms with Crippen LogP contribution in [0.3, 0.4) is 0 Å². The monoisotopic (exact) mass is 179 g/mol. The van der Waals surface area contributed by atoms with E-state index in [4.69, 9.17) is 11.6 Å². The molecule has 1 aromatic heterocycles. The molecule has 0 radical (unpaired) electrons. The van der Waals surface area contributed by atoms with Gasteiger partial charge in [-0.1, -0.05) is 29.8 Å². The fourth-order valence-corrected chi connectivity index (χ4v) is 1.29. The highest BCUT2D eigenvalue weighted by atomic mass is 35.5. The Labute approximate surface area is 73.8 Å². The van der Waals surface area contributed by atoms with E-state index in [1.54, 1.807) is 6.07 Å². The predicted octanol–water partition coefficient (Wildman–Crippen LogP) is 2.18. The fourth-order valence-electron chi connectivity index (χ4n) is 1.12. The molecule has 2 rings (SSSR count). The second kappa shape index (κ2) is 2.64. The zero-order valence-corrected chi connectivity index (χ0v) is 6.93. The molecule has 2 aromatic rings. The van der Waals surface area contributed by atoms with Gasteiger partial charge < -0.3 is 4.98 Å². The maximum absolute atomic E-state index is 11.0. The van der Waals surface area contributed by atoms with Gasteiger partial charge in [-0.2, -0.15) is 0 Å². The van der Waals surface area contributed by atoms with Gasteiger partial charge in [0.25, 0.3) is 5.56 Å². The molecule has 0 aliphatic heterocycles. The largest absolute Gasteiger partial charge is 0.321 e. The summed E-state index contributed by atoms with van der Waals surface area (Å²) in [6, 6.07) is 9.17. The summed E-state index contributed by atoms with van der Waals surface area (Å²) in [5, 5.41) is 1.18. The summed E-state index contributed by atoms with van der Waals surface area (Å²) in [5.41, 5.74) is 0.572. The van der Waals surface area contributed by atoms with E-state index in [1.165, 1.54) is 0 Å². The summed E-state index contributed by atoms with van der Waals surface area (Å²) in [7, 11) is 0. The molecule has 0 unspecified atom stereocenters. The van der Waals surface area contributed by atoms with Crippen LogP contribution in [0.2, 0.25) is 5.02 Å². The van der Waals surface area contributed by atoms with Crippen molar-refractivity contribution in [2.75, 3.05) is 0 Å². The highest BCUT2D eigenvalue weighted by molar-refractivity contribution is 6.31. The zero-order chi connectivity index (χ0) is 8.55. The number of pyridine rings is 1. The van der Waals surface area contributed by atoms with Crippen LogP contribution in [0.5, 0.6) is 0 Å². The third kappa shape index (κ3) is 1.10. The van der Waals surface area contributed by atoms with Gasteiger partial charge in [-0.05, 0) is 17.5 Å². The van der Waals surface area contributed by atoms with E-state index >= 15 is 0 Å². The van der Waals surface area contributed by atoms with Crippen molar-refractivity contribution in [3.63, 3.8) is 0 Å². The number of nitrogens with one attached hydrogen (secondary N) is 1. The van der Waals surface area contributed by atoms with Gasteiger partial charge in [-0.3, -0.25) is 4.79 Å². The first kappa shape index (κ1) is 7.37. The Balaban J connectivity index is 2.93. The number of hydrogen-bond acceptors (Lipinski definition) is 1. The topological polar surface area (TPSA) is 32.9 Å². The smallest absolute Gasteiger partial charge is 0.267 e. The molecule has 0 aliphatic rings. The second-order valence-electron chi connectivity index (χ2n) is 2.53. The first-order valence-electron chi connectivity index (χ1n) is 3.55. The van der Waals surface area contributed by atoms with Crippen LogP contribution in [0.4, 0.5) is 0 Å². The van der Waals surface area contributed by atoms with Crippen LogP contribution in [0.25, 0.3) is 10.9 Å². The molecule has 2 nitrogen and oxygen atoms in total. The van der Waals surface area contributed by atoms with Crippen LogP contribution in [0, 0.1) is 0 Å². The predicted molar refractivity (Wildman–Crippen MR) is 49.6 cm³/mol. The van der Waals surface area contributed by atoms with Crippen molar-refractivity contribution < 1.29 is 0 Å². The van der Waals surface area contributed by atoms with Crippen molar-refractivity contribution >= 4 is 22.5 Å². The summed E-state index contributed by atoms with van der Waals surface area (Å²) >= 11 is 5.64. The van der Waals surface area contributed by atoms with Crippen LogP contribution in [0.1, 0.15) is 0 Å². The molecule has 0 saturated carbocycles. The zero-order valence-electron chi connectivity index (χ0n) is 6.17. The molecular formula is C9H6ClNO. The van der Waals surface area contributed by atoms with Gasteiger partial charge >= 0.3 is 0 Å². The number of rotatable bonds is 0. The van der Waals surface area contributed by atoms with Gasteiger partial charge in [0, 0.05) is 5.52 Å². The number of aromatic amines is 1. The lowest BCUT2D eigenvalue weighted by Gasteiger charge is -1.95. The van der Waals surface area contributed by atoms with Crippen molar-refractivity contribution in [2.24, 2.45) is 0 Å². The molecule has 1 aromatic carbocycles. The van der Waals surface area contributed by atoms with Gasteiger partial charge in [0.2, 0.25) is 0 Å². The maximum Gasteiger partial charge on any atom is 0.267 e. The number of aromatic nitrogens is 1. The number of fused-ring (bicyclic) bond motifs is 1. The SMILES string of the molecule is O=c1[nH]c2ccccc2cc1Cl. The second-order valence-corrected chi connectivity index (χ2v) is 2.94. The highest BCUT2D eigenvalue weighted by Crippen LogP contribution is 2.12. The molecule has 1 heterocycles. The number of halogens is 1. The third-order valence-electron chi connectivity index (χ3n) is 1.71. The van der Waals surface area contributed by atoms with E-state index < -0.39 is 0 Å². The quantitative estimate of drug-likeness (QED) is 0.661. The molecule has 0 fully saturated rings. The Morgan fingerprint density at radius 1 is 1.25 bits per heavy atom. The summed E-state index contributed by atoms with van der Waals surface area (Å²) in [4.78, 5) is 13.7. The van der Waals surface area contributed by atoms with Gasteiger partial charge in [0.15, 0.2) is 0 Å². The number of benzene rings is 1. The molecule has 60 valence electrons. The summed E-state index contributed by atoms with van der Waals surface area (Å²) in [5.74, 6) is 0. The standard InChI is InChI=1S/C9H6ClNO/c10-7-5-6-3-1-2-4-8(6)11-9(7)12/h1-5H,(H,11,12). The molecule has 12 heavy (non-hydrogen) atoms. The van der Waals surface area contributed by atoms with Crippen LogP contribution in [-0.2, 0) is 0 Å². The molecule has 0 spiro atoms. The average Bonchev–Trinajstić information content (AvgIpc) is 2.07. The van der Waals surface area contributed by atoms with Crippen LogP contribution >= 0.6 is 11.6 Å². The van der Waals surface area contributed by atoms with Crippen LogP contribution in [-0.4, -0.2) is 4.98 Å². The highest BCUT2D eigenvalue weighted by Gasteiger charge is 1.97. The lowest BCUT2D eigenvalue weighted by Crippen LogP contribution is -2.04. The summed E-state index contributed by atoms with van der Waals surface area (Å²) in [6.45, 7) is 0. The molecule has 0 amide bonds. The van der Waals surface area contributed by atoms with Crippen molar-refractivity contribution in [2.45, 2.75) is 0 Å². The molecule has 0 atom stereocenters. The van der Waals surface area contributed by atoms with Crippen molar-refractivity contribution in [3.8, 4) is 0 Å². The lowest BCUT2D eigenvalue weighted by molar-refractivity contribution is 1.31. The van der Waals surface area contributed by atoms with Crippen molar-refractivity contribution in [1.29, 1.82) is 0 Å². The molecule has 0 saturated heterocycles. The first-order chi connectivity index (χ1) is 5.77. The molecular weight excluding hydrogens is 174 g/mol. The van der Waals surface area contributed by atoms with E-state index in [-0.39, 0.29) is 10.6 Å². The van der Waals surface area contributed by atoms with E-state index in [2.05, 4.69) is 4.98 Å². The molecule has 3 heteroatoms. The van der Waals surface area contributed by atoms with E-state index in [0.717, 1.165) is 10.9 Å². The Morgan fingerprint density at radius 2 is 2.00 bits per heavy atom. The number of hydrogen-bond donors (Lipinski definition) is 1. The van der Waals surface area contributed by atoms with E-state index in [1.807, 2.05) is 24.3 Å². The molecule has 0 bridgehead atoms. The number of para-hydroxylation sites is 1. The first-order valence-corrected chi connectivity index (χ1v) is 3.93. The number of H-pyrrole nitrogens is 1. The Bertz CT molecular complexity index is 475. The summed E-state index contributed by atoms with van der Waals surface area (Å²) < 4.78 is 0. The minimum atomic E-state index is -0.240. The average molecular weight is 180 g/mol. The third-order valence-corrected chi connectivity index (χ3v) is 1.99. The van der Waals surface area contributed by atoms with E-state index in [9.17, 15) is 4.79 Å². The molecule has 0 aliphatic carbocycles. The van der Waals surface area contributed by atoms with Crippen molar-refractivity contribution in [3.05, 3.63) is 45.7 Å². The minimum Gasteiger partial charge on any atom is -0.321 e. The maximum atomic E-state index is 11.0. The Morgan fingerprint density at radius 3 is 2.83 bits per heavy atom. The van der Waals surface area contributed by atoms with Gasteiger partial charge in [-0.15, -0.1) is 0 Å². The minimum absolute atomic E-state index is 0.230. The Hall–Kier alpha value is -1.28. The van der Waals surface area contributed by atoms with Crippen LogP contribution in [0.15, 0.2) is 35.1 Å². The van der Waals surface area contributed by atoms with E-state index in [0.29, 0.717) is 0 Å². The van der Waals surface area contributed by atoms with Gasteiger partial charge in [0.05, 0.1) is 0 Å². The van der Waals surface area contributed by atoms with Gasteiger partial charge in [-0.25, -0.2) is 0 Å². The van der Waals surface area contributed by atoms with Crippen LogP contribution < -0.4 is 5.56 Å². The Kier molecular flexibility index (Phi) is 1.62. The normalized spacial score (nSPS) is 10.4.